The second-order valence-corrected chi connectivity index (χ2v) is 9.61. The van der Waals surface area contributed by atoms with Crippen molar-refractivity contribution in [2.75, 3.05) is 20.2 Å². The van der Waals surface area contributed by atoms with Gasteiger partial charge < -0.3 is 4.74 Å². The number of halogens is 1. The Morgan fingerprint density at radius 1 is 1.06 bits per heavy atom. The summed E-state index contributed by atoms with van der Waals surface area (Å²) in [5.41, 5.74) is 6.62. The number of hydrogen-bond donors (Lipinski definition) is 1. The van der Waals surface area contributed by atoms with Crippen molar-refractivity contribution in [1.29, 1.82) is 0 Å². The number of nitrogens with one attached hydrogen (secondary N) is 1. The Morgan fingerprint density at radius 3 is 2.50 bits per heavy atom. The van der Waals surface area contributed by atoms with Gasteiger partial charge in [-0.2, -0.15) is 5.10 Å². The summed E-state index contributed by atoms with van der Waals surface area (Å²) in [5, 5.41) is 4.09. The summed E-state index contributed by atoms with van der Waals surface area (Å²) in [5.74, 6) is 1.22. The molecule has 1 heterocycles. The highest BCUT2D eigenvalue weighted by atomic mass is 79.9. The average Bonchev–Trinajstić information content (AvgIpc) is 2.86. The van der Waals surface area contributed by atoms with Gasteiger partial charge in [-0.15, -0.1) is 0 Å². The van der Waals surface area contributed by atoms with Gasteiger partial charge in [-0.05, 0) is 79.7 Å². The van der Waals surface area contributed by atoms with Gasteiger partial charge in [0.1, 0.15) is 5.75 Å². The van der Waals surface area contributed by atoms with Crippen molar-refractivity contribution < 1.29 is 9.53 Å². The summed E-state index contributed by atoms with van der Waals surface area (Å²) < 4.78 is 6.24. The summed E-state index contributed by atoms with van der Waals surface area (Å²) in [6, 6.07) is 24.2. The van der Waals surface area contributed by atoms with Crippen molar-refractivity contribution in [2.45, 2.75) is 25.8 Å². The van der Waals surface area contributed by atoms with E-state index >= 15 is 0 Å². The molecular weight excluding hydrogens is 490 g/mol. The molecule has 1 N–H and O–H groups in total. The van der Waals surface area contributed by atoms with Gasteiger partial charge in [0.25, 0.3) is 5.91 Å². The molecule has 0 unspecified atom stereocenters. The maximum atomic E-state index is 12.5. The van der Waals surface area contributed by atoms with E-state index in [0.29, 0.717) is 11.3 Å². The Hall–Kier alpha value is -2.96. The van der Waals surface area contributed by atoms with E-state index in [1.165, 1.54) is 30.4 Å². The minimum atomic E-state index is -0.238. The highest BCUT2D eigenvalue weighted by molar-refractivity contribution is 9.10. The maximum absolute atomic E-state index is 12.5. The number of ether oxygens (including phenoxy) is 1. The fourth-order valence-corrected chi connectivity index (χ4v) is 4.73. The number of nitrogens with zero attached hydrogens (tertiary/aromatic N) is 2. The van der Waals surface area contributed by atoms with Crippen LogP contribution in [0.2, 0.25) is 0 Å². The molecule has 3 aromatic carbocycles. The molecule has 1 aliphatic rings. The van der Waals surface area contributed by atoms with Gasteiger partial charge in [0.15, 0.2) is 0 Å². The highest BCUT2D eigenvalue weighted by Crippen LogP contribution is 2.23. The minimum Gasteiger partial charge on any atom is -0.496 e. The van der Waals surface area contributed by atoms with Crippen LogP contribution in [0.1, 0.15) is 39.9 Å². The molecule has 6 heteroatoms. The van der Waals surface area contributed by atoms with Crippen molar-refractivity contribution in [3.8, 4) is 5.75 Å². The largest absolute Gasteiger partial charge is 0.496 e. The lowest BCUT2D eigenvalue weighted by Crippen LogP contribution is -2.33. The third-order valence-corrected chi connectivity index (χ3v) is 6.75. The third-order valence-electron chi connectivity index (χ3n) is 6.26. The maximum Gasteiger partial charge on any atom is 0.271 e. The fourth-order valence-electron chi connectivity index (χ4n) is 4.35. The van der Waals surface area contributed by atoms with E-state index in [-0.39, 0.29) is 5.91 Å². The van der Waals surface area contributed by atoms with Crippen molar-refractivity contribution in [3.63, 3.8) is 0 Å². The zero-order chi connectivity index (χ0) is 23.8. The molecule has 3 aromatic rings. The predicted molar refractivity (Wildman–Crippen MR) is 140 cm³/mol. The predicted octanol–water partition coefficient (Wildman–Crippen LogP) is 5.68. The minimum absolute atomic E-state index is 0.238. The Bertz CT molecular complexity index is 1110. The van der Waals surface area contributed by atoms with Crippen LogP contribution in [-0.4, -0.2) is 37.2 Å². The van der Waals surface area contributed by atoms with Crippen LogP contribution in [0, 0.1) is 5.92 Å². The summed E-state index contributed by atoms with van der Waals surface area (Å²) in [6.07, 6.45) is 5.22. The van der Waals surface area contributed by atoms with Crippen LogP contribution in [0.5, 0.6) is 5.75 Å². The van der Waals surface area contributed by atoms with Crippen molar-refractivity contribution >= 4 is 28.1 Å². The number of hydrogen-bond acceptors (Lipinski definition) is 4. The molecule has 0 radical (unpaired) electrons. The second kappa shape index (κ2) is 12.0. The molecule has 1 amide bonds. The molecule has 34 heavy (non-hydrogen) atoms. The van der Waals surface area contributed by atoms with E-state index in [1.807, 2.05) is 42.5 Å². The molecule has 5 nitrogen and oxygen atoms in total. The van der Waals surface area contributed by atoms with Gasteiger partial charge in [-0.3, -0.25) is 9.69 Å². The molecule has 4 rings (SSSR count). The summed E-state index contributed by atoms with van der Waals surface area (Å²) in [7, 11) is 1.60. The zero-order valence-corrected chi connectivity index (χ0v) is 21.0. The number of rotatable bonds is 8. The van der Waals surface area contributed by atoms with Gasteiger partial charge in [0, 0.05) is 22.1 Å². The lowest BCUT2D eigenvalue weighted by molar-refractivity contribution is 0.0955. The van der Waals surface area contributed by atoms with Crippen LogP contribution in [-0.2, 0) is 13.0 Å². The topological polar surface area (TPSA) is 53.9 Å². The average molecular weight is 520 g/mol. The second-order valence-electron chi connectivity index (χ2n) is 8.69. The van der Waals surface area contributed by atoms with E-state index in [9.17, 15) is 4.79 Å². The molecule has 0 spiro atoms. The first-order valence-electron chi connectivity index (χ1n) is 11.6. The number of carbonyl (C=O) groups is 1. The molecule has 0 aromatic heterocycles. The molecule has 1 saturated heterocycles. The number of hydrazone groups is 1. The number of methoxy groups -OCH3 is 1. The molecule has 1 fully saturated rings. The fraction of sp³-hybridized carbons (Fsp3) is 0.286. The van der Waals surface area contributed by atoms with Crippen LogP contribution >= 0.6 is 15.9 Å². The summed E-state index contributed by atoms with van der Waals surface area (Å²) in [6.45, 7) is 3.15. The Kier molecular flexibility index (Phi) is 8.50. The van der Waals surface area contributed by atoms with Crippen molar-refractivity contribution in [2.24, 2.45) is 11.0 Å². The van der Waals surface area contributed by atoms with Crippen molar-refractivity contribution in [1.82, 2.24) is 10.3 Å². The highest BCUT2D eigenvalue weighted by Gasteiger charge is 2.19. The SMILES string of the molecule is COc1ccc(Br)cc1/C=N\NC(=O)c1ccc(CN2CCC(Cc3ccccc3)CC2)cc1. The van der Waals surface area contributed by atoms with Gasteiger partial charge in [-0.25, -0.2) is 5.43 Å². The Morgan fingerprint density at radius 2 is 1.79 bits per heavy atom. The Labute approximate surface area is 210 Å². The molecule has 0 saturated carbocycles. The molecule has 1 aliphatic heterocycles. The normalized spacial score (nSPS) is 14.9. The Balaban J connectivity index is 1.25. The molecule has 0 bridgehead atoms. The van der Waals surface area contributed by atoms with E-state index in [0.717, 1.165) is 35.6 Å². The lowest BCUT2D eigenvalue weighted by Gasteiger charge is -2.32. The smallest absolute Gasteiger partial charge is 0.271 e. The first-order valence-corrected chi connectivity index (χ1v) is 12.4. The summed E-state index contributed by atoms with van der Waals surface area (Å²) >= 11 is 3.43. The van der Waals surface area contributed by atoms with E-state index in [2.05, 4.69) is 61.7 Å². The van der Waals surface area contributed by atoms with Crippen LogP contribution in [0.25, 0.3) is 0 Å². The molecule has 0 atom stereocenters. The van der Waals surface area contributed by atoms with Gasteiger partial charge >= 0.3 is 0 Å². The van der Waals surface area contributed by atoms with Crippen molar-refractivity contribution in [3.05, 3.63) is 99.5 Å². The van der Waals surface area contributed by atoms with Gasteiger partial charge in [0.05, 0.1) is 13.3 Å². The zero-order valence-electron chi connectivity index (χ0n) is 19.4. The van der Waals surface area contributed by atoms with Crippen LogP contribution in [0.15, 0.2) is 82.4 Å². The first kappa shape index (κ1) is 24.2. The van der Waals surface area contributed by atoms with Gasteiger partial charge in [-0.1, -0.05) is 58.4 Å². The number of likely N-dealkylation sites (tertiary alicyclic amines) is 1. The van der Waals surface area contributed by atoms with E-state index in [1.54, 1.807) is 13.3 Å². The first-order chi connectivity index (χ1) is 16.6. The van der Waals surface area contributed by atoms with Crippen LogP contribution < -0.4 is 10.2 Å². The number of amides is 1. The van der Waals surface area contributed by atoms with E-state index < -0.39 is 0 Å². The van der Waals surface area contributed by atoms with Crippen LogP contribution in [0.4, 0.5) is 0 Å². The lowest BCUT2D eigenvalue weighted by atomic mass is 9.90. The van der Waals surface area contributed by atoms with Crippen LogP contribution in [0.3, 0.4) is 0 Å². The molecule has 0 aliphatic carbocycles. The molecule has 176 valence electrons. The number of benzene rings is 3. The standard InChI is InChI=1S/C28H30BrN3O2/c1-34-27-12-11-26(29)18-25(27)19-30-31-28(33)24-9-7-23(8-10-24)20-32-15-13-22(14-16-32)17-21-5-3-2-4-6-21/h2-12,18-19,22H,13-17,20H2,1H3,(H,31,33)/b30-19-. The van der Waals surface area contributed by atoms with Gasteiger partial charge in [0.2, 0.25) is 0 Å². The number of piperidine rings is 1. The molecular formula is C28H30BrN3O2. The summed E-state index contributed by atoms with van der Waals surface area (Å²) in [4.78, 5) is 15.0. The monoisotopic (exact) mass is 519 g/mol. The number of carbonyl (C=O) groups excluding carboxylic acids is 1. The quantitative estimate of drug-likeness (QED) is 0.307. The van der Waals surface area contributed by atoms with E-state index in [4.69, 9.17) is 4.74 Å². The third kappa shape index (κ3) is 6.78.